The third-order valence-corrected chi connectivity index (χ3v) is 3.21. The summed E-state index contributed by atoms with van der Waals surface area (Å²) in [6.45, 7) is 5.49. The molecule has 3 N–H and O–H groups in total. The van der Waals surface area contributed by atoms with Crippen molar-refractivity contribution >= 4 is 11.6 Å². The van der Waals surface area contributed by atoms with Gasteiger partial charge >= 0.3 is 0 Å². The van der Waals surface area contributed by atoms with Gasteiger partial charge in [0.15, 0.2) is 0 Å². The molecule has 0 bridgehead atoms. The van der Waals surface area contributed by atoms with Crippen molar-refractivity contribution in [3.05, 3.63) is 29.3 Å². The van der Waals surface area contributed by atoms with Crippen LogP contribution >= 0.6 is 0 Å². The molecule has 0 fully saturated rings. The summed E-state index contributed by atoms with van der Waals surface area (Å²) >= 11 is 0. The molecule has 0 heterocycles. The molecule has 0 aliphatic carbocycles. The van der Waals surface area contributed by atoms with Crippen molar-refractivity contribution < 1.29 is 4.79 Å². The van der Waals surface area contributed by atoms with E-state index in [1.165, 1.54) is 5.56 Å². The quantitative estimate of drug-likeness (QED) is 0.775. The number of nitrogens with two attached hydrogens (primary N) is 1. The van der Waals surface area contributed by atoms with Gasteiger partial charge in [0.2, 0.25) is 5.91 Å². The predicted octanol–water partition coefficient (Wildman–Crippen LogP) is 1.39. The summed E-state index contributed by atoms with van der Waals surface area (Å²) in [5, 5.41) is 2.67. The molecular formula is C14H23N3O. The highest BCUT2D eigenvalue weighted by Crippen LogP contribution is 2.17. The maximum absolute atomic E-state index is 11.5. The van der Waals surface area contributed by atoms with Crippen LogP contribution in [0.25, 0.3) is 0 Å². The first-order valence-electron chi connectivity index (χ1n) is 6.19. The van der Waals surface area contributed by atoms with Crippen molar-refractivity contribution in [3.8, 4) is 0 Å². The predicted molar refractivity (Wildman–Crippen MR) is 75.2 cm³/mol. The highest BCUT2D eigenvalue weighted by atomic mass is 16.1. The van der Waals surface area contributed by atoms with Gasteiger partial charge in [-0.1, -0.05) is 19.1 Å². The zero-order chi connectivity index (χ0) is 13.7. The lowest BCUT2D eigenvalue weighted by Crippen LogP contribution is -2.34. The van der Waals surface area contributed by atoms with Gasteiger partial charge in [0.1, 0.15) is 0 Å². The van der Waals surface area contributed by atoms with Crippen LogP contribution in [0.15, 0.2) is 18.2 Å². The van der Waals surface area contributed by atoms with Crippen LogP contribution in [0.4, 0.5) is 5.69 Å². The van der Waals surface area contributed by atoms with E-state index in [9.17, 15) is 4.79 Å². The zero-order valence-corrected chi connectivity index (χ0v) is 11.7. The summed E-state index contributed by atoms with van der Waals surface area (Å²) in [6, 6.07) is 5.95. The number of carbonyl (C=O) groups excluding carboxylic acids is 1. The Kier molecular flexibility index (Phi) is 5.16. The number of hydrogen-bond donors (Lipinski definition) is 2. The molecule has 0 aliphatic rings. The van der Waals surface area contributed by atoms with Crippen molar-refractivity contribution in [2.24, 2.45) is 5.92 Å². The molecule has 1 aromatic rings. The molecule has 100 valence electrons. The maximum atomic E-state index is 11.5. The molecule has 1 amide bonds. The maximum Gasteiger partial charge on any atom is 0.223 e. The summed E-state index contributed by atoms with van der Waals surface area (Å²) < 4.78 is 0. The Morgan fingerprint density at radius 2 is 2.17 bits per heavy atom. The Labute approximate surface area is 109 Å². The molecule has 1 rings (SSSR count). The Morgan fingerprint density at radius 1 is 1.50 bits per heavy atom. The van der Waals surface area contributed by atoms with Gasteiger partial charge in [0.05, 0.1) is 0 Å². The summed E-state index contributed by atoms with van der Waals surface area (Å²) in [4.78, 5) is 13.6. The van der Waals surface area contributed by atoms with Gasteiger partial charge in [0, 0.05) is 31.7 Å². The Bertz CT molecular complexity index is 418. The van der Waals surface area contributed by atoms with E-state index in [-0.39, 0.29) is 11.8 Å². The molecular weight excluding hydrogens is 226 g/mol. The lowest BCUT2D eigenvalue weighted by atomic mass is 10.1. The van der Waals surface area contributed by atoms with Crippen LogP contribution in [0.2, 0.25) is 0 Å². The fourth-order valence-electron chi connectivity index (χ4n) is 2.03. The van der Waals surface area contributed by atoms with E-state index in [0.717, 1.165) is 24.3 Å². The average molecular weight is 249 g/mol. The van der Waals surface area contributed by atoms with Crippen LogP contribution in [0.5, 0.6) is 0 Å². The number of rotatable bonds is 5. The zero-order valence-electron chi connectivity index (χ0n) is 11.7. The summed E-state index contributed by atoms with van der Waals surface area (Å²) in [7, 11) is 3.68. The van der Waals surface area contributed by atoms with Gasteiger partial charge in [-0.15, -0.1) is 0 Å². The Hall–Kier alpha value is -1.55. The van der Waals surface area contributed by atoms with Gasteiger partial charge in [-0.25, -0.2) is 0 Å². The van der Waals surface area contributed by atoms with Crippen LogP contribution in [-0.2, 0) is 11.3 Å². The van der Waals surface area contributed by atoms with E-state index in [1.807, 2.05) is 33.0 Å². The third-order valence-electron chi connectivity index (χ3n) is 3.21. The van der Waals surface area contributed by atoms with E-state index in [0.29, 0.717) is 0 Å². The van der Waals surface area contributed by atoms with Crippen molar-refractivity contribution in [1.82, 2.24) is 10.2 Å². The number of nitrogens with zero attached hydrogens (tertiary/aromatic N) is 1. The molecule has 0 spiro atoms. The molecule has 4 heteroatoms. The lowest BCUT2D eigenvalue weighted by Gasteiger charge is -2.21. The molecule has 0 saturated carbocycles. The molecule has 0 aliphatic heterocycles. The van der Waals surface area contributed by atoms with Gasteiger partial charge < -0.3 is 16.0 Å². The van der Waals surface area contributed by atoms with E-state index in [2.05, 4.69) is 16.3 Å². The van der Waals surface area contributed by atoms with Crippen LogP contribution in [0.1, 0.15) is 18.1 Å². The first-order chi connectivity index (χ1) is 8.45. The minimum atomic E-state index is -0.0126. The normalized spacial score (nSPS) is 12.5. The number of hydrogen-bond acceptors (Lipinski definition) is 3. The number of benzene rings is 1. The van der Waals surface area contributed by atoms with E-state index >= 15 is 0 Å². The van der Waals surface area contributed by atoms with E-state index in [4.69, 9.17) is 5.73 Å². The van der Waals surface area contributed by atoms with Crippen LogP contribution in [-0.4, -0.2) is 31.4 Å². The van der Waals surface area contributed by atoms with Crippen molar-refractivity contribution in [1.29, 1.82) is 0 Å². The SMILES string of the molecule is CNC(=O)C(C)CN(C)Cc1cccc(N)c1C. The smallest absolute Gasteiger partial charge is 0.223 e. The minimum absolute atomic E-state index is 0.0126. The van der Waals surface area contributed by atoms with Gasteiger partial charge in [0.25, 0.3) is 0 Å². The molecule has 0 saturated heterocycles. The molecule has 18 heavy (non-hydrogen) atoms. The minimum Gasteiger partial charge on any atom is -0.399 e. The van der Waals surface area contributed by atoms with E-state index in [1.54, 1.807) is 7.05 Å². The van der Waals surface area contributed by atoms with Crippen LogP contribution < -0.4 is 11.1 Å². The molecule has 0 aromatic heterocycles. The van der Waals surface area contributed by atoms with E-state index < -0.39 is 0 Å². The second-order valence-corrected chi connectivity index (χ2v) is 4.84. The monoisotopic (exact) mass is 249 g/mol. The number of anilines is 1. The van der Waals surface area contributed by atoms with Crippen molar-refractivity contribution in [3.63, 3.8) is 0 Å². The van der Waals surface area contributed by atoms with Crippen molar-refractivity contribution in [2.75, 3.05) is 26.4 Å². The first-order valence-corrected chi connectivity index (χ1v) is 6.19. The fraction of sp³-hybridized carbons (Fsp3) is 0.500. The Balaban J connectivity index is 2.62. The van der Waals surface area contributed by atoms with Crippen LogP contribution in [0.3, 0.4) is 0 Å². The summed E-state index contributed by atoms with van der Waals surface area (Å²) in [5.74, 6) is 0.0625. The number of carbonyl (C=O) groups is 1. The summed E-state index contributed by atoms with van der Waals surface area (Å²) in [6.07, 6.45) is 0. The topological polar surface area (TPSA) is 58.4 Å². The largest absolute Gasteiger partial charge is 0.399 e. The fourth-order valence-corrected chi connectivity index (χ4v) is 2.03. The lowest BCUT2D eigenvalue weighted by molar-refractivity contribution is -0.124. The first kappa shape index (κ1) is 14.5. The molecule has 1 atom stereocenters. The molecule has 0 radical (unpaired) electrons. The second-order valence-electron chi connectivity index (χ2n) is 4.84. The standard InChI is InChI=1S/C14H23N3O/c1-10(14(18)16-3)8-17(4)9-12-6-5-7-13(15)11(12)2/h5-7,10H,8-9,15H2,1-4H3,(H,16,18). The van der Waals surface area contributed by atoms with Gasteiger partial charge in [-0.2, -0.15) is 0 Å². The number of nitrogen functional groups attached to an aromatic ring is 1. The van der Waals surface area contributed by atoms with Gasteiger partial charge in [-0.05, 0) is 31.2 Å². The average Bonchev–Trinajstić information content (AvgIpc) is 2.33. The van der Waals surface area contributed by atoms with Gasteiger partial charge in [-0.3, -0.25) is 4.79 Å². The van der Waals surface area contributed by atoms with Crippen molar-refractivity contribution in [2.45, 2.75) is 20.4 Å². The second kappa shape index (κ2) is 6.40. The Morgan fingerprint density at radius 3 is 2.78 bits per heavy atom. The highest BCUT2D eigenvalue weighted by molar-refractivity contribution is 5.78. The number of amides is 1. The number of nitrogens with one attached hydrogen (secondary N) is 1. The third kappa shape index (κ3) is 3.74. The molecule has 1 aromatic carbocycles. The molecule has 1 unspecified atom stereocenters. The van der Waals surface area contributed by atoms with Crippen LogP contribution in [0, 0.1) is 12.8 Å². The highest BCUT2D eigenvalue weighted by Gasteiger charge is 2.14. The summed E-state index contributed by atoms with van der Waals surface area (Å²) in [5.41, 5.74) is 9.04. The molecule has 4 nitrogen and oxygen atoms in total.